The van der Waals surface area contributed by atoms with E-state index in [0.29, 0.717) is 11.8 Å². The summed E-state index contributed by atoms with van der Waals surface area (Å²) >= 11 is 5.64. The maximum atomic E-state index is 11.4. The molecule has 5 nitrogen and oxygen atoms in total. The fraction of sp³-hybridized carbons (Fsp3) is 0.923. The van der Waals surface area contributed by atoms with Gasteiger partial charge in [0.1, 0.15) is 0 Å². The van der Waals surface area contributed by atoms with Gasteiger partial charge in [-0.3, -0.25) is 9.69 Å². The summed E-state index contributed by atoms with van der Waals surface area (Å²) in [6.07, 6.45) is 0.106. The Balaban J connectivity index is 2.13. The first-order valence-corrected chi connectivity index (χ1v) is 8.75. The lowest BCUT2D eigenvalue weighted by atomic mass is 10.2. The second-order valence-corrected chi connectivity index (χ2v) is 7.07. The molecular formula is C13H27N3O2S2. The Morgan fingerprint density at radius 1 is 1.60 bits per heavy atom. The summed E-state index contributed by atoms with van der Waals surface area (Å²) in [5.41, 5.74) is 0. The fourth-order valence-corrected chi connectivity index (χ4v) is 2.61. The highest BCUT2D eigenvalue weighted by molar-refractivity contribution is 8.13. The molecule has 20 heavy (non-hydrogen) atoms. The van der Waals surface area contributed by atoms with Gasteiger partial charge in [-0.2, -0.15) is 12.6 Å². The van der Waals surface area contributed by atoms with Crippen LogP contribution in [0.3, 0.4) is 0 Å². The first-order chi connectivity index (χ1) is 9.61. The zero-order chi connectivity index (χ0) is 14.8. The van der Waals surface area contributed by atoms with Crippen molar-refractivity contribution in [3.63, 3.8) is 0 Å². The van der Waals surface area contributed by atoms with Crippen LogP contribution in [0.2, 0.25) is 0 Å². The molecule has 1 saturated heterocycles. The largest absolute Gasteiger partial charge is 0.374 e. The zero-order valence-electron chi connectivity index (χ0n) is 12.4. The first-order valence-electron chi connectivity index (χ1n) is 7.25. The number of thiol groups is 1. The average Bonchev–Trinajstić information content (AvgIpc) is 2.42. The molecule has 2 atom stereocenters. The van der Waals surface area contributed by atoms with Crippen LogP contribution < -0.4 is 10.6 Å². The quantitative estimate of drug-likeness (QED) is 0.461. The van der Waals surface area contributed by atoms with Gasteiger partial charge in [0.2, 0.25) is 0 Å². The predicted molar refractivity (Wildman–Crippen MR) is 89.0 cm³/mol. The van der Waals surface area contributed by atoms with Gasteiger partial charge in [0.15, 0.2) is 0 Å². The molecule has 0 aromatic rings. The van der Waals surface area contributed by atoms with Crippen LogP contribution >= 0.6 is 24.4 Å². The van der Waals surface area contributed by atoms with Gasteiger partial charge in [-0.05, 0) is 5.75 Å². The summed E-state index contributed by atoms with van der Waals surface area (Å²) in [5, 5.41) is 6.71. The van der Waals surface area contributed by atoms with Crippen LogP contribution in [0.1, 0.15) is 13.8 Å². The molecule has 0 aliphatic carbocycles. The number of morpholine rings is 1. The van der Waals surface area contributed by atoms with Crippen LogP contribution in [0.15, 0.2) is 0 Å². The monoisotopic (exact) mass is 321 g/mol. The van der Waals surface area contributed by atoms with E-state index in [1.165, 1.54) is 11.8 Å². The number of rotatable bonds is 8. The van der Waals surface area contributed by atoms with Gasteiger partial charge in [-0.1, -0.05) is 25.6 Å². The van der Waals surface area contributed by atoms with E-state index in [2.05, 4.69) is 35.1 Å². The topological polar surface area (TPSA) is 53.6 Å². The van der Waals surface area contributed by atoms with E-state index in [-0.39, 0.29) is 11.3 Å². The standard InChI is InChI=1S/C13H27N3O2S2/c1-3-20-13(17)15-9-12-10-16(6-7-18-12)5-4-14-8-11(2)19/h11-12,14,19H,3-10H2,1-2H3,(H,15,17)/t11?,12-/m0/s1. The normalized spacial score (nSPS) is 21.6. The molecule has 0 bridgehead atoms. The molecular weight excluding hydrogens is 294 g/mol. The lowest BCUT2D eigenvalue weighted by Gasteiger charge is -2.33. The van der Waals surface area contributed by atoms with Gasteiger partial charge >= 0.3 is 0 Å². The second-order valence-electron chi connectivity index (χ2n) is 4.95. The summed E-state index contributed by atoms with van der Waals surface area (Å²) in [5.74, 6) is 0.804. The van der Waals surface area contributed by atoms with Gasteiger partial charge in [-0.15, -0.1) is 0 Å². The van der Waals surface area contributed by atoms with Crippen LogP contribution in [-0.4, -0.2) is 73.1 Å². The maximum Gasteiger partial charge on any atom is 0.279 e. The molecule has 0 aromatic carbocycles. The molecule has 0 radical (unpaired) electrons. The third-order valence-electron chi connectivity index (χ3n) is 3.02. The smallest absolute Gasteiger partial charge is 0.279 e. The van der Waals surface area contributed by atoms with E-state index < -0.39 is 0 Å². The zero-order valence-corrected chi connectivity index (χ0v) is 14.1. The summed E-state index contributed by atoms with van der Waals surface area (Å²) in [7, 11) is 0. The van der Waals surface area contributed by atoms with Crippen molar-refractivity contribution in [2.75, 3.05) is 51.6 Å². The van der Waals surface area contributed by atoms with Gasteiger partial charge in [0.25, 0.3) is 5.24 Å². The number of thioether (sulfide) groups is 1. The highest BCUT2D eigenvalue weighted by Gasteiger charge is 2.20. The van der Waals surface area contributed by atoms with Gasteiger partial charge in [0, 0.05) is 44.5 Å². The third-order valence-corrected chi connectivity index (χ3v) is 3.89. The van der Waals surface area contributed by atoms with Crippen molar-refractivity contribution in [2.45, 2.75) is 25.2 Å². The Kier molecular flexibility index (Phi) is 9.71. The third kappa shape index (κ3) is 8.36. The number of amides is 1. The summed E-state index contributed by atoms with van der Waals surface area (Å²) < 4.78 is 5.68. The highest BCUT2D eigenvalue weighted by atomic mass is 32.2. The molecule has 0 saturated carbocycles. The molecule has 118 valence electrons. The van der Waals surface area contributed by atoms with E-state index in [0.717, 1.165) is 45.1 Å². The SMILES string of the molecule is CCSC(=O)NC[C@H]1CN(CCNCC(C)S)CCO1. The number of hydrogen-bond donors (Lipinski definition) is 3. The molecule has 1 heterocycles. The Labute approximate surface area is 132 Å². The van der Waals surface area contributed by atoms with E-state index >= 15 is 0 Å². The van der Waals surface area contributed by atoms with E-state index in [1.807, 2.05) is 6.92 Å². The minimum absolute atomic E-state index is 0.0395. The lowest BCUT2D eigenvalue weighted by Crippen LogP contribution is -2.48. The molecule has 1 aliphatic rings. The summed E-state index contributed by atoms with van der Waals surface area (Å²) in [6.45, 7) is 10.2. The lowest BCUT2D eigenvalue weighted by molar-refractivity contribution is -0.0249. The average molecular weight is 322 g/mol. The van der Waals surface area contributed by atoms with Crippen LogP contribution in [0.4, 0.5) is 4.79 Å². The Hall–Kier alpha value is 0.0500. The molecule has 0 spiro atoms. The molecule has 1 unspecified atom stereocenters. The second kappa shape index (κ2) is 10.7. The number of nitrogens with one attached hydrogen (secondary N) is 2. The minimum atomic E-state index is 0.0395. The van der Waals surface area contributed by atoms with Crippen molar-refractivity contribution < 1.29 is 9.53 Å². The van der Waals surface area contributed by atoms with Crippen molar-refractivity contribution in [2.24, 2.45) is 0 Å². The summed E-state index contributed by atoms with van der Waals surface area (Å²) in [6, 6.07) is 0. The predicted octanol–water partition coefficient (Wildman–Crippen LogP) is 1.06. The van der Waals surface area contributed by atoms with Crippen molar-refractivity contribution in [3.8, 4) is 0 Å². The van der Waals surface area contributed by atoms with Crippen LogP contribution in [-0.2, 0) is 4.74 Å². The molecule has 7 heteroatoms. The van der Waals surface area contributed by atoms with Crippen molar-refractivity contribution in [3.05, 3.63) is 0 Å². The van der Waals surface area contributed by atoms with Crippen molar-refractivity contribution >= 4 is 29.6 Å². The molecule has 1 aliphatic heterocycles. The minimum Gasteiger partial charge on any atom is -0.374 e. The first kappa shape index (κ1) is 18.1. The number of hydrogen-bond acceptors (Lipinski definition) is 6. The van der Waals surface area contributed by atoms with Crippen LogP contribution in [0.25, 0.3) is 0 Å². The summed E-state index contributed by atoms with van der Waals surface area (Å²) in [4.78, 5) is 13.8. The van der Waals surface area contributed by atoms with Gasteiger partial charge in [-0.25, -0.2) is 0 Å². The van der Waals surface area contributed by atoms with Gasteiger partial charge < -0.3 is 15.4 Å². The number of nitrogens with zero attached hydrogens (tertiary/aromatic N) is 1. The molecule has 2 N–H and O–H groups in total. The maximum absolute atomic E-state index is 11.4. The van der Waals surface area contributed by atoms with E-state index in [9.17, 15) is 4.79 Å². The van der Waals surface area contributed by atoms with Crippen molar-refractivity contribution in [1.29, 1.82) is 0 Å². The number of carbonyl (C=O) groups excluding carboxylic acids is 1. The van der Waals surface area contributed by atoms with Crippen molar-refractivity contribution in [1.82, 2.24) is 15.5 Å². The number of carbonyl (C=O) groups is 1. The van der Waals surface area contributed by atoms with E-state index in [4.69, 9.17) is 4.74 Å². The molecule has 1 rings (SSSR count). The van der Waals surface area contributed by atoms with Gasteiger partial charge in [0.05, 0.1) is 12.7 Å². The Morgan fingerprint density at radius 3 is 3.10 bits per heavy atom. The molecule has 1 fully saturated rings. The number of ether oxygens (including phenoxy) is 1. The Morgan fingerprint density at radius 2 is 2.40 bits per heavy atom. The van der Waals surface area contributed by atoms with Crippen LogP contribution in [0, 0.1) is 0 Å². The van der Waals surface area contributed by atoms with Crippen LogP contribution in [0.5, 0.6) is 0 Å². The molecule has 0 aromatic heterocycles. The highest BCUT2D eigenvalue weighted by Crippen LogP contribution is 2.05. The molecule has 1 amide bonds. The fourth-order valence-electron chi connectivity index (χ4n) is 2.03. The van der Waals surface area contributed by atoms with E-state index in [1.54, 1.807) is 0 Å². The Bertz CT molecular complexity index is 280.